The molecule has 5 rings (SSSR count). The Labute approximate surface area is 237 Å². The van der Waals surface area contributed by atoms with Gasteiger partial charge in [-0.05, 0) is 124 Å². The highest BCUT2D eigenvalue weighted by Crippen LogP contribution is 2.74. The summed E-state index contributed by atoms with van der Waals surface area (Å²) < 4.78 is 5.91. The highest BCUT2D eigenvalue weighted by atomic mass is 16.5. The van der Waals surface area contributed by atoms with Crippen LogP contribution in [0, 0.1) is 51.2 Å². The number of aliphatic carboxylic acids is 1. The van der Waals surface area contributed by atoms with E-state index in [0.717, 1.165) is 19.4 Å². The van der Waals surface area contributed by atoms with Crippen molar-refractivity contribution in [2.75, 3.05) is 13.2 Å². The van der Waals surface area contributed by atoms with Gasteiger partial charge < -0.3 is 15.2 Å². The van der Waals surface area contributed by atoms with Crippen molar-refractivity contribution in [3.8, 4) is 0 Å². The molecular weight excluding hydrogens is 486 g/mol. The fraction of sp³-hybridized carbons (Fsp3) is 0.882. The van der Waals surface area contributed by atoms with Gasteiger partial charge in [-0.1, -0.05) is 46.3 Å². The smallest absolute Gasteiger partial charge is 0.306 e. The average Bonchev–Trinajstić information content (AvgIpc) is 2.99. The number of carboxylic acids is 1. The van der Waals surface area contributed by atoms with Crippen LogP contribution in [0.25, 0.3) is 0 Å². The van der Waals surface area contributed by atoms with Gasteiger partial charge in [0.05, 0.1) is 19.4 Å². The number of ether oxygens (including phenoxy) is 1. The lowest BCUT2D eigenvalue weighted by molar-refractivity contribution is -0.172. The highest BCUT2D eigenvalue weighted by molar-refractivity contribution is 5.76. The summed E-state index contributed by atoms with van der Waals surface area (Å²) in [5, 5.41) is 12.9. The lowest BCUT2D eigenvalue weighted by Crippen LogP contribution is -2.64. The quantitative estimate of drug-likeness (QED) is 0.280. The molecule has 5 aliphatic rings. The largest absolute Gasteiger partial charge is 0.481 e. The van der Waals surface area contributed by atoms with Crippen molar-refractivity contribution in [2.24, 2.45) is 51.2 Å². The van der Waals surface area contributed by atoms with E-state index in [1.165, 1.54) is 44.9 Å². The molecule has 5 nitrogen and oxygen atoms in total. The molecule has 0 bridgehead atoms. The van der Waals surface area contributed by atoms with E-state index in [0.29, 0.717) is 41.6 Å². The van der Waals surface area contributed by atoms with Crippen molar-refractivity contribution in [2.45, 2.75) is 125 Å². The standard InChI is InChI=1S/C34H55NO4/c1-22-13-17-34(21-39-28(38)12-11-27(36)37)19-18-32(6)24(29(34)23(22)2)9-10-26-31(5)15-8-20-35-30(3,4)25(31)14-16-33(26,32)7/h9,22-23,25-26,29,35H,8,10-21H2,1-7H3,(H,36,37)/t22-,23+,25+,26-,29-,31+,32-,33-,34-/m1/s1. The predicted octanol–water partition coefficient (Wildman–Crippen LogP) is 7.39. The molecule has 5 heteroatoms. The maximum absolute atomic E-state index is 12.5. The third kappa shape index (κ3) is 4.43. The molecule has 4 aliphatic carbocycles. The van der Waals surface area contributed by atoms with Crippen LogP contribution in [0.5, 0.6) is 0 Å². The zero-order chi connectivity index (χ0) is 28.4. The third-order valence-corrected chi connectivity index (χ3v) is 13.8. The number of fused-ring (bicyclic) bond motifs is 7. The Hall–Kier alpha value is -1.36. The van der Waals surface area contributed by atoms with Crippen LogP contribution >= 0.6 is 0 Å². The fourth-order valence-corrected chi connectivity index (χ4v) is 11.3. The van der Waals surface area contributed by atoms with E-state index in [4.69, 9.17) is 9.84 Å². The minimum Gasteiger partial charge on any atom is -0.481 e. The number of rotatable bonds is 5. The van der Waals surface area contributed by atoms with Crippen LogP contribution in [0.2, 0.25) is 0 Å². The van der Waals surface area contributed by atoms with Crippen molar-refractivity contribution in [1.29, 1.82) is 0 Å². The molecule has 1 saturated heterocycles. The van der Waals surface area contributed by atoms with E-state index >= 15 is 0 Å². The number of esters is 1. The van der Waals surface area contributed by atoms with Crippen LogP contribution in [0.3, 0.4) is 0 Å². The molecule has 2 N–H and O–H groups in total. The van der Waals surface area contributed by atoms with Crippen LogP contribution < -0.4 is 5.32 Å². The van der Waals surface area contributed by atoms with Gasteiger partial charge in [-0.25, -0.2) is 0 Å². The second-order valence-electron chi connectivity index (χ2n) is 15.8. The number of nitrogens with one attached hydrogen (secondary N) is 1. The molecule has 220 valence electrons. The topological polar surface area (TPSA) is 75.6 Å². The van der Waals surface area contributed by atoms with E-state index in [9.17, 15) is 9.59 Å². The number of hydrogen-bond donors (Lipinski definition) is 2. The van der Waals surface area contributed by atoms with Crippen molar-refractivity contribution in [1.82, 2.24) is 5.32 Å². The summed E-state index contributed by atoms with van der Waals surface area (Å²) in [5.41, 5.74) is 2.62. The molecule has 0 radical (unpaired) electrons. The maximum atomic E-state index is 12.5. The Bertz CT molecular complexity index is 1020. The first kappa shape index (κ1) is 29.1. The van der Waals surface area contributed by atoms with Gasteiger partial charge >= 0.3 is 11.9 Å². The molecule has 1 heterocycles. The predicted molar refractivity (Wildman–Crippen MR) is 155 cm³/mol. The molecule has 0 aromatic rings. The Morgan fingerprint density at radius 2 is 1.72 bits per heavy atom. The third-order valence-electron chi connectivity index (χ3n) is 13.8. The van der Waals surface area contributed by atoms with Crippen molar-refractivity contribution < 1.29 is 19.4 Å². The highest BCUT2D eigenvalue weighted by Gasteiger charge is 2.67. The van der Waals surface area contributed by atoms with Crippen LogP contribution in [-0.4, -0.2) is 35.7 Å². The average molecular weight is 542 g/mol. The van der Waals surface area contributed by atoms with Gasteiger partial charge in [-0.2, -0.15) is 0 Å². The Morgan fingerprint density at radius 1 is 0.974 bits per heavy atom. The zero-order valence-corrected chi connectivity index (χ0v) is 25.8. The number of allylic oxidation sites excluding steroid dienone is 2. The minimum atomic E-state index is -0.942. The monoisotopic (exact) mass is 541 g/mol. The number of carbonyl (C=O) groups excluding carboxylic acids is 1. The maximum Gasteiger partial charge on any atom is 0.306 e. The number of carboxylic acid groups (broad SMARTS) is 1. The summed E-state index contributed by atoms with van der Waals surface area (Å²) in [4.78, 5) is 23.5. The van der Waals surface area contributed by atoms with Crippen molar-refractivity contribution in [3.63, 3.8) is 0 Å². The first-order valence-corrected chi connectivity index (χ1v) is 16.0. The van der Waals surface area contributed by atoms with Gasteiger partial charge in [-0.3, -0.25) is 9.59 Å². The van der Waals surface area contributed by atoms with E-state index in [1.807, 2.05) is 0 Å². The fourth-order valence-electron chi connectivity index (χ4n) is 11.3. The molecule has 0 spiro atoms. The molecule has 3 saturated carbocycles. The summed E-state index contributed by atoms with van der Waals surface area (Å²) in [6.07, 6.45) is 13.4. The Balaban J connectivity index is 1.50. The van der Waals surface area contributed by atoms with Gasteiger partial charge in [0.25, 0.3) is 0 Å². The normalized spacial score (nSPS) is 46.8. The van der Waals surface area contributed by atoms with Crippen LogP contribution in [-0.2, 0) is 14.3 Å². The molecule has 0 unspecified atom stereocenters. The van der Waals surface area contributed by atoms with Gasteiger partial charge in [0.2, 0.25) is 0 Å². The minimum absolute atomic E-state index is 0.0192. The Morgan fingerprint density at radius 3 is 2.44 bits per heavy atom. The second kappa shape index (κ2) is 9.88. The van der Waals surface area contributed by atoms with Crippen LogP contribution in [0.1, 0.15) is 119 Å². The lowest BCUT2D eigenvalue weighted by atomic mass is 9.35. The number of carbonyl (C=O) groups is 2. The lowest BCUT2D eigenvalue weighted by Gasteiger charge is -2.70. The van der Waals surface area contributed by atoms with E-state index in [-0.39, 0.29) is 40.6 Å². The zero-order valence-electron chi connectivity index (χ0n) is 25.8. The van der Waals surface area contributed by atoms with E-state index < -0.39 is 5.97 Å². The molecule has 9 atom stereocenters. The molecule has 4 fully saturated rings. The molecule has 0 aromatic carbocycles. The van der Waals surface area contributed by atoms with Crippen molar-refractivity contribution in [3.05, 3.63) is 11.6 Å². The molecular formula is C34H55NO4. The van der Waals surface area contributed by atoms with Gasteiger partial charge in [0.1, 0.15) is 0 Å². The van der Waals surface area contributed by atoms with Gasteiger partial charge in [-0.15, -0.1) is 0 Å². The van der Waals surface area contributed by atoms with Gasteiger partial charge in [0, 0.05) is 11.0 Å². The molecule has 39 heavy (non-hydrogen) atoms. The second-order valence-corrected chi connectivity index (χ2v) is 15.8. The Kier molecular flexibility index (Phi) is 7.38. The summed E-state index contributed by atoms with van der Waals surface area (Å²) >= 11 is 0. The first-order valence-electron chi connectivity index (χ1n) is 16.0. The van der Waals surface area contributed by atoms with E-state index in [1.54, 1.807) is 5.57 Å². The molecule has 0 aromatic heterocycles. The summed E-state index contributed by atoms with van der Waals surface area (Å²) in [6, 6.07) is 0. The summed E-state index contributed by atoms with van der Waals surface area (Å²) in [6.45, 7) is 19.3. The SMILES string of the molecule is C[C@H]1[C@H](C)CC[C@]2(COC(=O)CCC(=O)O)CC[C@]3(C)C(=CC[C@@H]4[C@@]5(C)CCCNC(C)(C)[C@@H]5CC[C@]43C)[C@@H]12. The van der Waals surface area contributed by atoms with Gasteiger partial charge in [0.15, 0.2) is 0 Å². The first-order chi connectivity index (χ1) is 18.2. The van der Waals surface area contributed by atoms with E-state index in [2.05, 4.69) is 59.9 Å². The molecule has 1 aliphatic heterocycles. The van der Waals surface area contributed by atoms with Crippen molar-refractivity contribution >= 4 is 11.9 Å². The van der Waals surface area contributed by atoms with Crippen LogP contribution in [0.4, 0.5) is 0 Å². The molecule has 0 amide bonds. The summed E-state index contributed by atoms with van der Waals surface area (Å²) in [7, 11) is 0. The number of hydrogen-bond acceptors (Lipinski definition) is 4. The van der Waals surface area contributed by atoms with Crippen LogP contribution in [0.15, 0.2) is 11.6 Å². The summed E-state index contributed by atoms with van der Waals surface area (Å²) in [5.74, 6) is 1.73.